The second-order valence-electron chi connectivity index (χ2n) is 4.25. The molecule has 0 radical (unpaired) electrons. The van der Waals surface area contributed by atoms with Gasteiger partial charge in [0.1, 0.15) is 0 Å². The predicted molar refractivity (Wildman–Crippen MR) is 72.0 cm³/mol. The number of hydrogen-bond donors (Lipinski definition) is 0. The number of hydrogen-bond acceptors (Lipinski definition) is 4. The Kier molecular flexibility index (Phi) is 4.59. The van der Waals surface area contributed by atoms with Gasteiger partial charge in [0.15, 0.2) is 0 Å². The molecule has 0 spiro atoms. The maximum Gasteiger partial charge on any atom is 0.228 e. The van der Waals surface area contributed by atoms with Gasteiger partial charge >= 0.3 is 0 Å². The molecule has 0 bridgehead atoms. The molecule has 0 amide bonds. The molecule has 0 aromatic carbocycles. The van der Waals surface area contributed by atoms with Gasteiger partial charge in [-0.3, -0.25) is 0 Å². The van der Waals surface area contributed by atoms with E-state index < -0.39 is 0 Å². The molecule has 1 aliphatic heterocycles. The molecule has 4 nitrogen and oxygen atoms in total. The molecule has 1 unspecified atom stereocenters. The van der Waals surface area contributed by atoms with Gasteiger partial charge in [-0.1, -0.05) is 28.8 Å². The minimum atomic E-state index is 0.490. The third-order valence-electron chi connectivity index (χ3n) is 3.14. The average Bonchev–Trinajstić information content (AvgIpc) is 2.63. The zero-order valence-electron chi connectivity index (χ0n) is 10.1. The maximum atomic E-state index is 5.16. The van der Waals surface area contributed by atoms with Crippen molar-refractivity contribution in [1.29, 1.82) is 0 Å². The Labute approximate surface area is 111 Å². The zero-order valence-corrected chi connectivity index (χ0v) is 11.7. The second kappa shape index (κ2) is 6.19. The molecule has 2 rings (SSSR count). The first-order valence-electron chi connectivity index (χ1n) is 6.05. The molecule has 1 saturated heterocycles. The van der Waals surface area contributed by atoms with Gasteiger partial charge in [-0.05, 0) is 12.8 Å². The largest absolute Gasteiger partial charge is 0.481 e. The fourth-order valence-corrected chi connectivity index (χ4v) is 2.86. The topological polar surface area (TPSA) is 38.2 Å². The summed E-state index contributed by atoms with van der Waals surface area (Å²) in [6.45, 7) is 1.03. The lowest BCUT2D eigenvalue weighted by Gasteiger charge is -2.28. The number of nitrogens with zero attached hydrogens (tertiary/aromatic N) is 3. The molecular weight excluding hydrogens is 282 g/mol. The van der Waals surface area contributed by atoms with Gasteiger partial charge in [-0.25, -0.2) is 4.98 Å². The molecule has 1 aromatic rings. The monoisotopic (exact) mass is 299 g/mol. The van der Waals surface area contributed by atoms with E-state index in [0.29, 0.717) is 11.9 Å². The molecule has 1 fully saturated rings. The van der Waals surface area contributed by atoms with Crippen LogP contribution in [0.5, 0.6) is 5.88 Å². The van der Waals surface area contributed by atoms with Crippen molar-refractivity contribution in [3.05, 3.63) is 12.3 Å². The summed E-state index contributed by atoms with van der Waals surface area (Å²) in [7, 11) is 1.64. The van der Waals surface area contributed by atoms with E-state index in [9.17, 15) is 0 Å². The molecule has 5 heteroatoms. The van der Waals surface area contributed by atoms with Gasteiger partial charge in [-0.2, -0.15) is 4.98 Å². The van der Waals surface area contributed by atoms with Gasteiger partial charge in [0.2, 0.25) is 11.8 Å². The predicted octanol–water partition coefficient (Wildman–Crippen LogP) is 2.63. The van der Waals surface area contributed by atoms with E-state index >= 15 is 0 Å². The second-order valence-corrected chi connectivity index (χ2v) is 4.90. The molecule has 1 atom stereocenters. The van der Waals surface area contributed by atoms with Gasteiger partial charge in [-0.15, -0.1) is 0 Å². The Morgan fingerprint density at radius 1 is 1.47 bits per heavy atom. The van der Waals surface area contributed by atoms with E-state index in [1.165, 1.54) is 25.7 Å². The van der Waals surface area contributed by atoms with Gasteiger partial charge in [0.05, 0.1) is 7.11 Å². The van der Waals surface area contributed by atoms with Crippen LogP contribution in [0.3, 0.4) is 0 Å². The van der Waals surface area contributed by atoms with E-state index in [1.54, 1.807) is 19.4 Å². The lowest BCUT2D eigenvalue weighted by atomic mass is 10.1. The van der Waals surface area contributed by atoms with Crippen molar-refractivity contribution < 1.29 is 4.74 Å². The quantitative estimate of drug-likeness (QED) is 0.804. The van der Waals surface area contributed by atoms with Gasteiger partial charge < -0.3 is 9.64 Å². The molecule has 0 saturated carbocycles. The van der Waals surface area contributed by atoms with E-state index in [0.717, 1.165) is 17.8 Å². The first kappa shape index (κ1) is 12.6. The van der Waals surface area contributed by atoms with E-state index in [1.807, 2.05) is 0 Å². The minimum absolute atomic E-state index is 0.490. The van der Waals surface area contributed by atoms with Crippen molar-refractivity contribution >= 4 is 21.9 Å². The van der Waals surface area contributed by atoms with Crippen molar-refractivity contribution in [2.24, 2.45) is 0 Å². The molecule has 1 aliphatic rings. The first-order chi connectivity index (χ1) is 8.35. The standard InChI is InChI=1S/C12H18BrN3O/c1-17-11-6-7-14-12(15-11)16-8-4-2-3-5-10(16)9-13/h6-7,10H,2-5,8-9H2,1H3. The number of ether oxygens (including phenoxy) is 1. The molecular formula is C12H18BrN3O. The summed E-state index contributed by atoms with van der Waals surface area (Å²) < 4.78 is 5.16. The van der Waals surface area contributed by atoms with Crippen LogP contribution in [-0.4, -0.2) is 35.0 Å². The minimum Gasteiger partial charge on any atom is -0.481 e. The Bertz CT molecular complexity index is 361. The Morgan fingerprint density at radius 3 is 3.12 bits per heavy atom. The summed E-state index contributed by atoms with van der Waals surface area (Å²) in [5, 5.41) is 0.966. The van der Waals surface area contributed by atoms with Crippen LogP contribution < -0.4 is 9.64 Å². The number of anilines is 1. The van der Waals surface area contributed by atoms with Crippen LogP contribution in [0.25, 0.3) is 0 Å². The normalized spacial score (nSPS) is 21.1. The molecule has 0 N–H and O–H groups in total. The first-order valence-corrected chi connectivity index (χ1v) is 7.17. The van der Waals surface area contributed by atoms with Crippen molar-refractivity contribution in [1.82, 2.24) is 9.97 Å². The number of aromatic nitrogens is 2. The Balaban J connectivity index is 2.21. The molecule has 1 aromatic heterocycles. The lowest BCUT2D eigenvalue weighted by molar-refractivity contribution is 0.396. The van der Waals surface area contributed by atoms with E-state index in [2.05, 4.69) is 30.8 Å². The van der Waals surface area contributed by atoms with Gasteiger partial charge in [0.25, 0.3) is 0 Å². The summed E-state index contributed by atoms with van der Waals surface area (Å²) in [5.41, 5.74) is 0. The van der Waals surface area contributed by atoms with Crippen molar-refractivity contribution in [3.63, 3.8) is 0 Å². The fraction of sp³-hybridized carbons (Fsp3) is 0.667. The van der Waals surface area contributed by atoms with Crippen LogP contribution in [0.2, 0.25) is 0 Å². The van der Waals surface area contributed by atoms with Crippen LogP contribution in [-0.2, 0) is 0 Å². The Hall–Kier alpha value is -0.840. The summed E-state index contributed by atoms with van der Waals surface area (Å²) in [6, 6.07) is 2.27. The summed E-state index contributed by atoms with van der Waals surface area (Å²) in [6.07, 6.45) is 6.76. The number of rotatable bonds is 3. The highest BCUT2D eigenvalue weighted by atomic mass is 79.9. The molecule has 17 heavy (non-hydrogen) atoms. The third kappa shape index (κ3) is 3.09. The highest BCUT2D eigenvalue weighted by Gasteiger charge is 2.22. The number of methoxy groups -OCH3 is 1. The average molecular weight is 300 g/mol. The molecule has 0 aliphatic carbocycles. The van der Waals surface area contributed by atoms with Crippen LogP contribution in [0, 0.1) is 0 Å². The highest BCUT2D eigenvalue weighted by Crippen LogP contribution is 2.23. The SMILES string of the molecule is COc1ccnc(N2CCCCCC2CBr)n1. The summed E-state index contributed by atoms with van der Waals surface area (Å²) in [5.74, 6) is 1.42. The smallest absolute Gasteiger partial charge is 0.228 e. The van der Waals surface area contributed by atoms with Crippen molar-refractivity contribution in [3.8, 4) is 5.88 Å². The maximum absolute atomic E-state index is 5.16. The van der Waals surface area contributed by atoms with Crippen LogP contribution in [0.1, 0.15) is 25.7 Å². The highest BCUT2D eigenvalue weighted by molar-refractivity contribution is 9.09. The Morgan fingerprint density at radius 2 is 2.35 bits per heavy atom. The lowest BCUT2D eigenvalue weighted by Crippen LogP contribution is -2.37. The third-order valence-corrected chi connectivity index (χ3v) is 3.89. The van der Waals surface area contributed by atoms with Crippen molar-refractivity contribution in [2.45, 2.75) is 31.7 Å². The summed E-state index contributed by atoms with van der Waals surface area (Å²) >= 11 is 3.59. The summed E-state index contributed by atoms with van der Waals surface area (Å²) in [4.78, 5) is 11.1. The van der Waals surface area contributed by atoms with Crippen molar-refractivity contribution in [2.75, 3.05) is 23.9 Å². The van der Waals surface area contributed by atoms with E-state index in [4.69, 9.17) is 4.74 Å². The van der Waals surface area contributed by atoms with Crippen LogP contribution in [0.4, 0.5) is 5.95 Å². The van der Waals surface area contributed by atoms with Gasteiger partial charge in [0, 0.05) is 30.2 Å². The van der Waals surface area contributed by atoms with Crippen LogP contribution >= 0.6 is 15.9 Å². The van der Waals surface area contributed by atoms with Crippen LogP contribution in [0.15, 0.2) is 12.3 Å². The number of alkyl halides is 1. The van der Waals surface area contributed by atoms with E-state index in [-0.39, 0.29) is 0 Å². The fourth-order valence-electron chi connectivity index (χ4n) is 2.19. The molecule has 2 heterocycles. The number of halogens is 1. The zero-order chi connectivity index (χ0) is 12.1. The molecule has 94 valence electrons.